The third-order valence-corrected chi connectivity index (χ3v) is 2.70. The first kappa shape index (κ1) is 14.2. The monoisotopic (exact) mass is 251 g/mol. The van der Waals surface area contributed by atoms with E-state index in [0.717, 1.165) is 0 Å². The number of benzene rings is 1. The molecule has 0 radical (unpaired) electrons. The summed E-state index contributed by atoms with van der Waals surface area (Å²) in [4.78, 5) is 21.4. The first-order chi connectivity index (χ1) is 8.56. The Labute approximate surface area is 106 Å². The number of nitro groups is 1. The van der Waals surface area contributed by atoms with Crippen LogP contribution in [0.3, 0.4) is 0 Å². The van der Waals surface area contributed by atoms with Crippen LogP contribution in [-0.2, 0) is 4.79 Å². The predicted molar refractivity (Wildman–Crippen MR) is 67.9 cm³/mol. The molecule has 5 heteroatoms. The van der Waals surface area contributed by atoms with Gasteiger partial charge in [0.25, 0.3) is 5.69 Å². The van der Waals surface area contributed by atoms with E-state index < -0.39 is 4.92 Å². The third kappa shape index (κ3) is 3.84. The fraction of sp³-hybridized carbons (Fsp3) is 0.462. The Kier molecular flexibility index (Phi) is 5.30. The molecule has 0 unspecified atom stereocenters. The number of carbonyl (C=O) groups is 1. The maximum Gasteiger partial charge on any atom is 0.276 e. The van der Waals surface area contributed by atoms with Crippen molar-refractivity contribution in [1.82, 2.24) is 0 Å². The normalized spacial score (nSPS) is 10.1. The smallest absolute Gasteiger partial charge is 0.276 e. The summed E-state index contributed by atoms with van der Waals surface area (Å²) in [6.45, 7) is 3.88. The summed E-state index contributed by atoms with van der Waals surface area (Å²) in [6.07, 6.45) is 1.66. The molecule has 0 amide bonds. The molecule has 1 aromatic rings. The fourth-order valence-electron chi connectivity index (χ4n) is 1.59. The number of ether oxygens (including phenoxy) is 1. The molecule has 0 aliphatic carbocycles. The zero-order valence-electron chi connectivity index (χ0n) is 10.6. The maximum absolute atomic E-state index is 11.1. The van der Waals surface area contributed by atoms with Crippen LogP contribution in [0.4, 0.5) is 5.69 Å². The molecule has 0 spiro atoms. The lowest BCUT2D eigenvalue weighted by Gasteiger charge is -2.08. The van der Waals surface area contributed by atoms with E-state index in [1.165, 1.54) is 6.07 Å². The number of hydrogen-bond donors (Lipinski definition) is 0. The van der Waals surface area contributed by atoms with Crippen LogP contribution in [0.2, 0.25) is 0 Å². The average Bonchev–Trinajstić information content (AvgIpc) is 2.35. The standard InChI is InChI=1S/C13H17NO4/c1-3-11(15)6-5-9-18-13-8-4-7-12(10(13)2)14(16)17/h4,7-8H,3,5-6,9H2,1-2H3. The molecule has 0 saturated carbocycles. The number of Topliss-reactive ketones (excluding diaryl/α,β-unsaturated/α-hetero) is 1. The Morgan fingerprint density at radius 2 is 2.17 bits per heavy atom. The highest BCUT2D eigenvalue weighted by molar-refractivity contribution is 5.77. The molecule has 1 aromatic carbocycles. The Balaban J connectivity index is 2.55. The molecule has 0 fully saturated rings. The summed E-state index contributed by atoms with van der Waals surface area (Å²) < 4.78 is 5.47. The number of hydrogen-bond acceptors (Lipinski definition) is 4. The molecular weight excluding hydrogens is 234 g/mol. The molecule has 98 valence electrons. The van der Waals surface area contributed by atoms with Crippen molar-refractivity contribution in [3.8, 4) is 5.75 Å². The highest BCUT2D eigenvalue weighted by Crippen LogP contribution is 2.27. The number of nitro benzene ring substituents is 1. The van der Waals surface area contributed by atoms with E-state index in [-0.39, 0.29) is 11.5 Å². The highest BCUT2D eigenvalue weighted by Gasteiger charge is 2.13. The minimum absolute atomic E-state index is 0.0529. The van der Waals surface area contributed by atoms with Crippen molar-refractivity contribution in [1.29, 1.82) is 0 Å². The van der Waals surface area contributed by atoms with Gasteiger partial charge in [-0.15, -0.1) is 0 Å². The van der Waals surface area contributed by atoms with E-state index in [0.29, 0.717) is 37.2 Å². The summed E-state index contributed by atoms with van der Waals surface area (Å²) in [6, 6.07) is 4.74. The van der Waals surface area contributed by atoms with Crippen molar-refractivity contribution in [3.63, 3.8) is 0 Å². The van der Waals surface area contributed by atoms with Gasteiger partial charge in [0.1, 0.15) is 11.5 Å². The van der Waals surface area contributed by atoms with Gasteiger partial charge in [-0.1, -0.05) is 13.0 Å². The van der Waals surface area contributed by atoms with Gasteiger partial charge >= 0.3 is 0 Å². The number of carbonyl (C=O) groups excluding carboxylic acids is 1. The van der Waals surface area contributed by atoms with Crippen LogP contribution in [0.15, 0.2) is 18.2 Å². The van der Waals surface area contributed by atoms with E-state index in [2.05, 4.69) is 0 Å². The number of ketones is 1. The van der Waals surface area contributed by atoms with Crippen molar-refractivity contribution in [2.24, 2.45) is 0 Å². The van der Waals surface area contributed by atoms with Gasteiger partial charge in [0, 0.05) is 18.9 Å². The van der Waals surface area contributed by atoms with Crippen LogP contribution in [0.25, 0.3) is 0 Å². The topological polar surface area (TPSA) is 69.4 Å². The van der Waals surface area contributed by atoms with E-state index in [1.807, 2.05) is 6.92 Å². The highest BCUT2D eigenvalue weighted by atomic mass is 16.6. The van der Waals surface area contributed by atoms with Gasteiger partial charge < -0.3 is 4.74 Å². The molecule has 0 N–H and O–H groups in total. The minimum Gasteiger partial charge on any atom is -0.493 e. The predicted octanol–water partition coefficient (Wildman–Crippen LogP) is 3.04. The van der Waals surface area contributed by atoms with Gasteiger partial charge in [-0.3, -0.25) is 14.9 Å². The zero-order valence-corrected chi connectivity index (χ0v) is 10.6. The van der Waals surface area contributed by atoms with Crippen LogP contribution in [0.1, 0.15) is 31.7 Å². The molecule has 0 bridgehead atoms. The van der Waals surface area contributed by atoms with Crippen molar-refractivity contribution in [2.45, 2.75) is 33.1 Å². The summed E-state index contributed by atoms with van der Waals surface area (Å²) in [5.74, 6) is 0.711. The Morgan fingerprint density at radius 1 is 1.44 bits per heavy atom. The van der Waals surface area contributed by atoms with E-state index in [9.17, 15) is 14.9 Å². The van der Waals surface area contributed by atoms with Gasteiger partial charge in [0.05, 0.1) is 17.1 Å². The second-order valence-corrected chi connectivity index (χ2v) is 4.00. The van der Waals surface area contributed by atoms with Gasteiger partial charge in [-0.2, -0.15) is 0 Å². The molecule has 0 atom stereocenters. The van der Waals surface area contributed by atoms with E-state index in [4.69, 9.17) is 4.74 Å². The van der Waals surface area contributed by atoms with Crippen molar-refractivity contribution < 1.29 is 14.5 Å². The third-order valence-electron chi connectivity index (χ3n) is 2.70. The first-order valence-electron chi connectivity index (χ1n) is 5.94. The molecule has 1 rings (SSSR count). The van der Waals surface area contributed by atoms with Crippen molar-refractivity contribution >= 4 is 11.5 Å². The molecule has 0 aliphatic heterocycles. The van der Waals surface area contributed by atoms with E-state index >= 15 is 0 Å². The summed E-state index contributed by atoms with van der Waals surface area (Å²) in [5.41, 5.74) is 0.571. The lowest BCUT2D eigenvalue weighted by atomic mass is 10.2. The molecular formula is C13H17NO4. The maximum atomic E-state index is 11.1. The van der Waals surface area contributed by atoms with Crippen LogP contribution >= 0.6 is 0 Å². The Morgan fingerprint density at radius 3 is 2.78 bits per heavy atom. The molecule has 18 heavy (non-hydrogen) atoms. The van der Waals surface area contributed by atoms with Crippen LogP contribution in [-0.4, -0.2) is 17.3 Å². The van der Waals surface area contributed by atoms with Crippen LogP contribution in [0, 0.1) is 17.0 Å². The summed E-state index contributed by atoms with van der Waals surface area (Å²) in [7, 11) is 0. The summed E-state index contributed by atoms with van der Waals surface area (Å²) >= 11 is 0. The minimum atomic E-state index is -0.428. The van der Waals surface area contributed by atoms with E-state index in [1.54, 1.807) is 19.1 Å². The number of rotatable bonds is 7. The molecule has 5 nitrogen and oxygen atoms in total. The quantitative estimate of drug-likeness (QED) is 0.424. The lowest BCUT2D eigenvalue weighted by Crippen LogP contribution is -2.03. The Bertz CT molecular complexity index is 443. The fourth-order valence-corrected chi connectivity index (χ4v) is 1.59. The largest absolute Gasteiger partial charge is 0.493 e. The Hall–Kier alpha value is -1.91. The van der Waals surface area contributed by atoms with Gasteiger partial charge in [0.2, 0.25) is 0 Å². The first-order valence-corrected chi connectivity index (χ1v) is 5.94. The second-order valence-electron chi connectivity index (χ2n) is 4.00. The SMILES string of the molecule is CCC(=O)CCCOc1cccc([N+](=O)[O-])c1C. The second kappa shape index (κ2) is 6.74. The van der Waals surface area contributed by atoms with Crippen molar-refractivity contribution in [2.75, 3.05) is 6.61 Å². The zero-order chi connectivity index (χ0) is 13.5. The van der Waals surface area contributed by atoms with Crippen molar-refractivity contribution in [3.05, 3.63) is 33.9 Å². The van der Waals surface area contributed by atoms with Crippen LogP contribution in [0.5, 0.6) is 5.75 Å². The molecule has 0 saturated heterocycles. The molecule has 0 heterocycles. The average molecular weight is 251 g/mol. The van der Waals surface area contributed by atoms with Gasteiger partial charge in [-0.05, 0) is 19.4 Å². The molecule has 0 aromatic heterocycles. The van der Waals surface area contributed by atoms with Gasteiger partial charge in [-0.25, -0.2) is 0 Å². The number of nitrogens with zero attached hydrogens (tertiary/aromatic N) is 1. The van der Waals surface area contributed by atoms with Crippen LogP contribution < -0.4 is 4.74 Å². The lowest BCUT2D eigenvalue weighted by molar-refractivity contribution is -0.385. The van der Waals surface area contributed by atoms with Gasteiger partial charge in [0.15, 0.2) is 0 Å². The molecule has 0 aliphatic rings. The summed E-state index contributed by atoms with van der Waals surface area (Å²) in [5, 5.41) is 10.7.